The van der Waals surface area contributed by atoms with Crippen LogP contribution in [0.25, 0.3) is 10.9 Å². The average molecular weight is 366 g/mol. The van der Waals surface area contributed by atoms with Crippen molar-refractivity contribution >= 4 is 28.1 Å². The summed E-state index contributed by atoms with van der Waals surface area (Å²) in [7, 11) is 0. The number of nitrogens with zero attached hydrogens (tertiary/aromatic N) is 1. The Kier molecular flexibility index (Phi) is 4.06. The maximum absolute atomic E-state index is 12.7. The maximum atomic E-state index is 12.7. The van der Waals surface area contributed by atoms with Crippen LogP contribution in [-0.2, 0) is 6.54 Å². The van der Waals surface area contributed by atoms with Crippen LogP contribution in [0.3, 0.4) is 0 Å². The van der Waals surface area contributed by atoms with Crippen LogP contribution in [0, 0.1) is 0 Å². The molecule has 2 N–H and O–H groups in total. The van der Waals surface area contributed by atoms with Gasteiger partial charge in [-0.3, -0.25) is 9.69 Å². The number of H-pyrrole nitrogens is 1. The third kappa shape index (κ3) is 2.95. The van der Waals surface area contributed by atoms with Gasteiger partial charge in [0.25, 0.3) is 5.91 Å². The maximum Gasteiger partial charge on any atom is 0.251 e. The summed E-state index contributed by atoms with van der Waals surface area (Å²) in [5.41, 5.74) is 1.76. The Morgan fingerprint density at radius 3 is 2.81 bits per heavy atom. The summed E-state index contributed by atoms with van der Waals surface area (Å²) >= 11 is 1.84. The van der Waals surface area contributed by atoms with E-state index in [2.05, 4.69) is 32.7 Å². The summed E-state index contributed by atoms with van der Waals surface area (Å²) in [5.74, 6) is 0.0533. The first-order valence-corrected chi connectivity index (χ1v) is 10.3. The Morgan fingerprint density at radius 2 is 2.04 bits per heavy atom. The molecule has 4 heterocycles. The van der Waals surface area contributed by atoms with Crippen LogP contribution < -0.4 is 5.32 Å². The van der Waals surface area contributed by atoms with Gasteiger partial charge in [0.1, 0.15) is 0 Å². The van der Waals surface area contributed by atoms with Gasteiger partial charge in [0.2, 0.25) is 0 Å². The molecule has 1 aromatic carbocycles. The Morgan fingerprint density at radius 1 is 1.19 bits per heavy atom. The first-order chi connectivity index (χ1) is 12.8. The molecule has 5 heteroatoms. The topological polar surface area (TPSA) is 48.1 Å². The molecule has 2 bridgehead atoms. The van der Waals surface area contributed by atoms with Crippen molar-refractivity contribution in [2.45, 2.75) is 50.4 Å². The molecule has 0 spiro atoms. The molecule has 5 rings (SSSR count). The molecule has 0 radical (unpaired) electrons. The zero-order valence-corrected chi connectivity index (χ0v) is 15.5. The molecule has 2 aromatic heterocycles. The predicted molar refractivity (Wildman–Crippen MR) is 105 cm³/mol. The van der Waals surface area contributed by atoms with E-state index < -0.39 is 0 Å². The van der Waals surface area contributed by atoms with E-state index in [0.717, 1.165) is 35.9 Å². The van der Waals surface area contributed by atoms with Crippen molar-refractivity contribution in [2.24, 2.45) is 0 Å². The number of fused-ring (bicyclic) bond motifs is 3. The van der Waals surface area contributed by atoms with E-state index in [1.54, 1.807) is 0 Å². The summed E-state index contributed by atoms with van der Waals surface area (Å²) in [5, 5.41) is 6.59. The van der Waals surface area contributed by atoms with Gasteiger partial charge in [-0.25, -0.2) is 0 Å². The molecule has 2 unspecified atom stereocenters. The van der Waals surface area contributed by atoms with Gasteiger partial charge in [0.15, 0.2) is 0 Å². The molecular formula is C21H23N3OS. The lowest BCUT2D eigenvalue weighted by Gasteiger charge is -2.39. The summed E-state index contributed by atoms with van der Waals surface area (Å²) in [4.78, 5) is 20.0. The highest BCUT2D eigenvalue weighted by atomic mass is 32.1. The number of hydrogen-bond acceptors (Lipinski definition) is 3. The molecule has 3 aromatic rings. The van der Waals surface area contributed by atoms with E-state index in [-0.39, 0.29) is 5.91 Å². The highest BCUT2D eigenvalue weighted by molar-refractivity contribution is 7.09. The van der Waals surface area contributed by atoms with E-state index in [1.165, 1.54) is 17.7 Å². The average Bonchev–Trinajstić information content (AvgIpc) is 3.36. The van der Waals surface area contributed by atoms with Gasteiger partial charge in [-0.15, -0.1) is 11.3 Å². The number of aromatic nitrogens is 1. The van der Waals surface area contributed by atoms with Crippen molar-refractivity contribution in [3.05, 3.63) is 58.4 Å². The predicted octanol–water partition coefficient (Wildman–Crippen LogP) is 4.15. The second-order valence-corrected chi connectivity index (χ2v) is 8.59. The number of nitrogens with one attached hydrogen (secondary N) is 2. The first kappa shape index (κ1) is 16.1. The monoisotopic (exact) mass is 365 g/mol. The standard InChI is InChI=1S/C21H23N3OS/c25-21(15-4-3-14-7-8-22-20(14)10-15)23-16-11-17-5-6-18(12-16)24(17)13-19-2-1-9-26-19/h1-4,7-10,16-18,22H,5-6,11-13H2,(H,23,25)/t16?,17-,18?/m0/s1. The Hall–Kier alpha value is -2.11. The van der Waals surface area contributed by atoms with E-state index in [9.17, 15) is 4.79 Å². The molecule has 2 aliphatic rings. The van der Waals surface area contributed by atoms with Crippen LogP contribution in [-0.4, -0.2) is 33.9 Å². The molecule has 4 nitrogen and oxygen atoms in total. The molecule has 0 saturated carbocycles. The molecule has 0 aliphatic carbocycles. The zero-order valence-electron chi connectivity index (χ0n) is 14.7. The minimum absolute atomic E-state index is 0.0533. The third-order valence-corrected chi connectivity index (χ3v) is 6.82. The first-order valence-electron chi connectivity index (χ1n) is 9.42. The third-order valence-electron chi connectivity index (χ3n) is 5.96. The number of amides is 1. The number of carbonyl (C=O) groups excluding carboxylic acids is 1. The highest BCUT2D eigenvalue weighted by Crippen LogP contribution is 2.37. The minimum atomic E-state index is 0.0533. The van der Waals surface area contributed by atoms with Crippen molar-refractivity contribution < 1.29 is 4.79 Å². The molecule has 3 atom stereocenters. The van der Waals surface area contributed by atoms with Crippen LogP contribution in [0.1, 0.15) is 40.9 Å². The van der Waals surface area contributed by atoms with Crippen LogP contribution in [0.15, 0.2) is 48.0 Å². The molecule has 26 heavy (non-hydrogen) atoms. The highest BCUT2D eigenvalue weighted by Gasteiger charge is 2.41. The minimum Gasteiger partial charge on any atom is -0.361 e. The number of thiophene rings is 1. The van der Waals surface area contributed by atoms with E-state index >= 15 is 0 Å². The largest absolute Gasteiger partial charge is 0.361 e. The van der Waals surface area contributed by atoms with E-state index in [0.29, 0.717) is 18.1 Å². The summed E-state index contributed by atoms with van der Waals surface area (Å²) in [6.07, 6.45) is 6.57. The van der Waals surface area contributed by atoms with Crippen molar-refractivity contribution in [1.29, 1.82) is 0 Å². The Balaban J connectivity index is 1.25. The van der Waals surface area contributed by atoms with Crippen molar-refractivity contribution in [3.8, 4) is 0 Å². The quantitative estimate of drug-likeness (QED) is 0.729. The lowest BCUT2D eigenvalue weighted by molar-refractivity contribution is 0.0830. The number of aromatic amines is 1. The fourth-order valence-corrected chi connectivity index (χ4v) is 5.40. The van der Waals surface area contributed by atoms with Crippen molar-refractivity contribution in [3.63, 3.8) is 0 Å². The molecule has 134 valence electrons. The fourth-order valence-electron chi connectivity index (χ4n) is 4.69. The Bertz CT molecular complexity index is 902. The number of benzene rings is 1. The summed E-state index contributed by atoms with van der Waals surface area (Å²) in [6, 6.07) is 13.8. The lowest BCUT2D eigenvalue weighted by atomic mass is 9.96. The second-order valence-electron chi connectivity index (χ2n) is 7.56. The van der Waals surface area contributed by atoms with Gasteiger partial charge < -0.3 is 10.3 Å². The summed E-state index contributed by atoms with van der Waals surface area (Å²) < 4.78 is 0. The number of rotatable bonds is 4. The summed E-state index contributed by atoms with van der Waals surface area (Å²) in [6.45, 7) is 1.07. The molecule has 2 fully saturated rings. The van der Waals surface area contributed by atoms with Gasteiger partial charge in [-0.2, -0.15) is 0 Å². The fraction of sp³-hybridized carbons (Fsp3) is 0.381. The SMILES string of the molecule is O=C(NC1CC2CC[C@@H](C1)N2Cc1cccs1)c1ccc2cc[nH]c2c1. The van der Waals surface area contributed by atoms with E-state index in [4.69, 9.17) is 0 Å². The molecule has 2 aliphatic heterocycles. The normalized spacial score (nSPS) is 25.6. The van der Waals surface area contributed by atoms with Gasteiger partial charge in [0.05, 0.1) is 0 Å². The lowest BCUT2D eigenvalue weighted by Crippen LogP contribution is -2.49. The van der Waals surface area contributed by atoms with Crippen molar-refractivity contribution in [2.75, 3.05) is 0 Å². The second kappa shape index (κ2) is 6.56. The smallest absolute Gasteiger partial charge is 0.251 e. The van der Waals surface area contributed by atoms with Gasteiger partial charge >= 0.3 is 0 Å². The van der Waals surface area contributed by atoms with Gasteiger partial charge in [0, 0.05) is 46.8 Å². The van der Waals surface area contributed by atoms with Crippen LogP contribution in [0.5, 0.6) is 0 Å². The van der Waals surface area contributed by atoms with Crippen LogP contribution >= 0.6 is 11.3 Å². The Labute approximate surface area is 157 Å². The number of carbonyl (C=O) groups is 1. The number of hydrogen-bond donors (Lipinski definition) is 2. The van der Waals surface area contributed by atoms with Crippen LogP contribution in [0.2, 0.25) is 0 Å². The zero-order chi connectivity index (χ0) is 17.5. The van der Waals surface area contributed by atoms with Crippen LogP contribution in [0.4, 0.5) is 0 Å². The molecular weight excluding hydrogens is 342 g/mol. The number of piperidine rings is 1. The van der Waals surface area contributed by atoms with E-state index in [1.807, 2.05) is 41.8 Å². The van der Waals surface area contributed by atoms with Gasteiger partial charge in [-0.1, -0.05) is 12.1 Å². The van der Waals surface area contributed by atoms with Crippen molar-refractivity contribution in [1.82, 2.24) is 15.2 Å². The molecule has 2 saturated heterocycles. The van der Waals surface area contributed by atoms with Gasteiger partial charge in [-0.05, 0) is 60.7 Å². The molecule has 1 amide bonds.